The van der Waals surface area contributed by atoms with Crippen molar-refractivity contribution in [3.05, 3.63) is 23.5 Å². The van der Waals surface area contributed by atoms with Gasteiger partial charge < -0.3 is 10.5 Å². The molecule has 2 N–H and O–H groups in total. The summed E-state index contributed by atoms with van der Waals surface area (Å²) in [6.07, 6.45) is 4.77. The Hall–Kier alpha value is -1.58. The number of aromatic nitrogens is 1. The molecule has 1 aromatic heterocycles. The molecule has 0 aromatic carbocycles. The van der Waals surface area contributed by atoms with Gasteiger partial charge in [-0.1, -0.05) is 0 Å². The molecule has 19 heavy (non-hydrogen) atoms. The fourth-order valence-corrected chi connectivity index (χ4v) is 3.92. The van der Waals surface area contributed by atoms with E-state index in [9.17, 15) is 4.79 Å². The molecule has 3 rings (SSSR count). The number of nitrogens with two attached hydrogens (primary N) is 1. The van der Waals surface area contributed by atoms with E-state index < -0.39 is 0 Å². The second-order valence-electron chi connectivity index (χ2n) is 6.10. The van der Waals surface area contributed by atoms with Crippen molar-refractivity contribution in [3.63, 3.8) is 0 Å². The molecule has 0 radical (unpaired) electrons. The molecule has 0 saturated heterocycles. The lowest BCUT2D eigenvalue weighted by molar-refractivity contribution is -0.152. The van der Waals surface area contributed by atoms with Gasteiger partial charge in [-0.05, 0) is 51.2 Å². The first kappa shape index (κ1) is 12.5. The maximum absolute atomic E-state index is 12.0. The molecule has 4 nitrogen and oxygen atoms in total. The minimum atomic E-state index is -0.258. The van der Waals surface area contributed by atoms with Crippen LogP contribution in [0.25, 0.3) is 0 Å². The number of esters is 1. The van der Waals surface area contributed by atoms with E-state index in [0.717, 1.165) is 49.2 Å². The standard InChI is InChI=1S/C15H20N2O2/c1-10-11(16)3-4-12(17-10)14-5-7-15(9-14,8-6-14)13(18)19-2/h3-4H,5-9,16H2,1-2H3. The summed E-state index contributed by atoms with van der Waals surface area (Å²) < 4.78 is 5.00. The van der Waals surface area contributed by atoms with Gasteiger partial charge in [0.25, 0.3) is 0 Å². The Morgan fingerprint density at radius 3 is 2.58 bits per heavy atom. The summed E-state index contributed by atoms with van der Waals surface area (Å²) in [5.41, 5.74) is 8.36. The highest BCUT2D eigenvalue weighted by Gasteiger charge is 2.59. The average molecular weight is 260 g/mol. The first-order chi connectivity index (χ1) is 9.01. The molecular formula is C15H20N2O2. The lowest BCUT2D eigenvalue weighted by Crippen LogP contribution is -2.27. The quantitative estimate of drug-likeness (QED) is 0.829. The fourth-order valence-electron chi connectivity index (χ4n) is 3.92. The molecule has 0 amide bonds. The highest BCUT2D eigenvalue weighted by Crippen LogP contribution is 2.62. The van der Waals surface area contributed by atoms with Gasteiger partial charge in [0.1, 0.15) is 0 Å². The molecule has 2 saturated carbocycles. The minimum absolute atomic E-state index is 0.0426. The summed E-state index contributed by atoms with van der Waals surface area (Å²) in [6.45, 7) is 1.94. The number of fused-ring (bicyclic) bond motifs is 2. The van der Waals surface area contributed by atoms with Crippen LogP contribution in [0.5, 0.6) is 0 Å². The summed E-state index contributed by atoms with van der Waals surface area (Å²) in [5.74, 6) is -0.0426. The smallest absolute Gasteiger partial charge is 0.311 e. The number of anilines is 1. The third kappa shape index (κ3) is 1.66. The molecule has 1 heterocycles. The first-order valence-electron chi connectivity index (χ1n) is 6.83. The van der Waals surface area contributed by atoms with Crippen LogP contribution in [0.2, 0.25) is 0 Å². The van der Waals surface area contributed by atoms with Crippen LogP contribution in [0.15, 0.2) is 12.1 Å². The number of methoxy groups -OCH3 is 1. The largest absolute Gasteiger partial charge is 0.469 e. The highest BCUT2D eigenvalue weighted by atomic mass is 16.5. The normalized spacial score (nSPS) is 32.5. The van der Waals surface area contributed by atoms with Gasteiger partial charge in [0.2, 0.25) is 0 Å². The lowest BCUT2D eigenvalue weighted by atomic mass is 9.80. The molecule has 2 fully saturated rings. The number of hydrogen-bond acceptors (Lipinski definition) is 4. The van der Waals surface area contributed by atoms with E-state index in [-0.39, 0.29) is 16.8 Å². The number of rotatable bonds is 2. The Bertz CT molecular complexity index is 531. The van der Waals surface area contributed by atoms with Crippen LogP contribution in [-0.2, 0) is 14.9 Å². The Labute approximate surface area is 113 Å². The number of carbonyl (C=O) groups excluding carboxylic acids is 1. The summed E-state index contributed by atoms with van der Waals surface area (Å²) in [4.78, 5) is 16.7. The molecule has 2 aliphatic carbocycles. The number of aryl methyl sites for hydroxylation is 1. The van der Waals surface area contributed by atoms with Crippen molar-refractivity contribution in [3.8, 4) is 0 Å². The summed E-state index contributed by atoms with van der Waals surface area (Å²) >= 11 is 0. The minimum Gasteiger partial charge on any atom is -0.469 e. The fraction of sp³-hybridized carbons (Fsp3) is 0.600. The predicted molar refractivity (Wildman–Crippen MR) is 72.6 cm³/mol. The zero-order valence-corrected chi connectivity index (χ0v) is 11.5. The van der Waals surface area contributed by atoms with Crippen molar-refractivity contribution in [1.29, 1.82) is 0 Å². The van der Waals surface area contributed by atoms with Gasteiger partial charge in [0, 0.05) is 11.1 Å². The Balaban J connectivity index is 1.95. The molecule has 102 valence electrons. The average Bonchev–Trinajstić information content (AvgIpc) is 2.99. The van der Waals surface area contributed by atoms with E-state index in [1.165, 1.54) is 7.11 Å². The molecular weight excluding hydrogens is 240 g/mol. The van der Waals surface area contributed by atoms with Crippen LogP contribution < -0.4 is 5.73 Å². The van der Waals surface area contributed by atoms with Crippen molar-refractivity contribution in [1.82, 2.24) is 4.98 Å². The second kappa shape index (κ2) is 3.95. The summed E-state index contributed by atoms with van der Waals surface area (Å²) in [5, 5.41) is 0. The topological polar surface area (TPSA) is 65.2 Å². The molecule has 0 unspecified atom stereocenters. The van der Waals surface area contributed by atoms with E-state index in [1.807, 2.05) is 19.1 Å². The molecule has 0 spiro atoms. The van der Waals surface area contributed by atoms with Crippen molar-refractivity contribution in [2.45, 2.75) is 44.4 Å². The van der Waals surface area contributed by atoms with Gasteiger partial charge in [-0.15, -0.1) is 0 Å². The van der Waals surface area contributed by atoms with Gasteiger partial charge in [-0.25, -0.2) is 0 Å². The Kier molecular flexibility index (Phi) is 2.59. The molecule has 4 heteroatoms. The van der Waals surface area contributed by atoms with Gasteiger partial charge in [0.15, 0.2) is 0 Å². The van der Waals surface area contributed by atoms with Gasteiger partial charge in [-0.3, -0.25) is 9.78 Å². The number of nitrogen functional groups attached to an aromatic ring is 1. The number of hydrogen-bond donors (Lipinski definition) is 1. The van der Waals surface area contributed by atoms with Crippen molar-refractivity contribution in [2.75, 3.05) is 12.8 Å². The summed E-state index contributed by atoms with van der Waals surface area (Å²) in [6, 6.07) is 3.96. The number of nitrogens with zero attached hydrogens (tertiary/aromatic N) is 1. The maximum atomic E-state index is 12.0. The number of ether oxygens (including phenoxy) is 1. The van der Waals surface area contributed by atoms with E-state index >= 15 is 0 Å². The molecule has 0 aliphatic heterocycles. The van der Waals surface area contributed by atoms with E-state index in [2.05, 4.69) is 4.98 Å². The van der Waals surface area contributed by atoms with Crippen LogP contribution in [0.4, 0.5) is 5.69 Å². The highest BCUT2D eigenvalue weighted by molar-refractivity contribution is 5.78. The first-order valence-corrected chi connectivity index (χ1v) is 6.83. The van der Waals surface area contributed by atoms with Crippen LogP contribution in [0, 0.1) is 12.3 Å². The third-order valence-corrected chi connectivity index (χ3v) is 5.13. The second-order valence-corrected chi connectivity index (χ2v) is 6.10. The third-order valence-electron chi connectivity index (χ3n) is 5.13. The van der Waals surface area contributed by atoms with E-state index in [1.54, 1.807) is 0 Å². The Morgan fingerprint density at radius 2 is 2.00 bits per heavy atom. The zero-order chi connectivity index (χ0) is 13.7. The van der Waals surface area contributed by atoms with Crippen LogP contribution in [-0.4, -0.2) is 18.1 Å². The van der Waals surface area contributed by atoms with Gasteiger partial charge in [-0.2, -0.15) is 0 Å². The van der Waals surface area contributed by atoms with E-state index in [4.69, 9.17) is 10.5 Å². The summed E-state index contributed by atoms with van der Waals surface area (Å²) in [7, 11) is 1.49. The number of pyridine rings is 1. The monoisotopic (exact) mass is 260 g/mol. The van der Waals surface area contributed by atoms with Crippen LogP contribution >= 0.6 is 0 Å². The van der Waals surface area contributed by atoms with Gasteiger partial charge >= 0.3 is 5.97 Å². The Morgan fingerprint density at radius 1 is 1.32 bits per heavy atom. The molecule has 0 atom stereocenters. The molecule has 2 aliphatic rings. The SMILES string of the molecule is COC(=O)C12CCC(c3ccc(N)c(C)n3)(CC1)C2. The van der Waals surface area contributed by atoms with Crippen molar-refractivity contribution < 1.29 is 9.53 Å². The van der Waals surface area contributed by atoms with Crippen molar-refractivity contribution in [2.24, 2.45) is 5.41 Å². The zero-order valence-electron chi connectivity index (χ0n) is 11.5. The van der Waals surface area contributed by atoms with Gasteiger partial charge in [0.05, 0.1) is 23.9 Å². The lowest BCUT2D eigenvalue weighted by Gasteiger charge is -2.26. The molecule has 2 bridgehead atoms. The van der Waals surface area contributed by atoms with Crippen LogP contribution in [0.3, 0.4) is 0 Å². The van der Waals surface area contributed by atoms with Crippen molar-refractivity contribution >= 4 is 11.7 Å². The van der Waals surface area contributed by atoms with Crippen LogP contribution in [0.1, 0.15) is 43.5 Å². The maximum Gasteiger partial charge on any atom is 0.311 e. The van der Waals surface area contributed by atoms with E-state index in [0.29, 0.717) is 0 Å². The number of carbonyl (C=O) groups is 1. The predicted octanol–water partition coefficient (Wildman–Crippen LogP) is 2.35. The molecule has 1 aromatic rings.